The molecular formula is CH2FO4S. The van der Waals surface area contributed by atoms with Gasteiger partial charge >= 0.3 is 10.4 Å². The van der Waals surface area contributed by atoms with Crippen LogP contribution >= 0.6 is 0 Å². The zero-order valence-electron chi connectivity index (χ0n) is 3.00. The first-order chi connectivity index (χ1) is 3.00. The van der Waals surface area contributed by atoms with Crippen LogP contribution in [0.3, 0.4) is 0 Å². The summed E-state index contributed by atoms with van der Waals surface area (Å²) in [5.41, 5.74) is 0. The molecule has 3 radical (unpaired) electrons. The fourth-order valence-corrected chi connectivity index (χ4v) is 0. The van der Waals surface area contributed by atoms with E-state index >= 15 is 0 Å². The van der Waals surface area contributed by atoms with Gasteiger partial charge in [-0.25, -0.2) is 4.39 Å². The van der Waals surface area contributed by atoms with Crippen LogP contribution in [0, 0.1) is 7.18 Å². The van der Waals surface area contributed by atoms with Gasteiger partial charge in [0.05, 0.1) is 0 Å². The van der Waals surface area contributed by atoms with Crippen molar-refractivity contribution in [3.05, 3.63) is 7.18 Å². The quantitative estimate of drug-likeness (QED) is 0.446. The summed E-state index contributed by atoms with van der Waals surface area (Å²) in [6.07, 6.45) is 0. The Balaban J connectivity index is 0. The van der Waals surface area contributed by atoms with Crippen LogP contribution in [-0.4, -0.2) is 17.5 Å². The summed E-state index contributed by atoms with van der Waals surface area (Å²) in [7, 11) is -0.417. The van der Waals surface area contributed by atoms with Crippen molar-refractivity contribution >= 4 is 10.4 Å². The first kappa shape index (κ1) is 9.93. The predicted molar refractivity (Wildman–Crippen MR) is 18.5 cm³/mol. The second kappa shape index (κ2) is 3.97. The Labute approximate surface area is 40.5 Å². The van der Waals surface area contributed by atoms with Crippen molar-refractivity contribution in [2.24, 2.45) is 0 Å². The highest BCUT2D eigenvalue weighted by Crippen LogP contribution is 1.59. The fraction of sp³-hybridized carbons (Fsp3) is 0. The van der Waals surface area contributed by atoms with Gasteiger partial charge in [0.2, 0.25) is 7.18 Å². The zero-order chi connectivity index (χ0) is 6.50. The molecule has 0 fully saturated rings. The van der Waals surface area contributed by atoms with Gasteiger partial charge in [0.1, 0.15) is 0 Å². The maximum atomic E-state index is 8.75. The van der Waals surface area contributed by atoms with Crippen LogP contribution < -0.4 is 0 Å². The normalized spacial score (nSPS) is 9.14. The molecule has 0 aromatic heterocycles. The summed E-state index contributed by atoms with van der Waals surface area (Å²) >= 11 is 0. The molecule has 0 unspecified atom stereocenters. The zero-order valence-corrected chi connectivity index (χ0v) is 3.81. The molecule has 0 aliphatic heterocycles. The average Bonchev–Trinajstić information content (AvgIpc) is 1.36. The summed E-state index contributed by atoms with van der Waals surface area (Å²) in [5, 5.41) is 0. The SMILES string of the molecule is O=S(=O)(O)O.[C]F. The summed E-state index contributed by atoms with van der Waals surface area (Å²) in [4.78, 5) is 0. The van der Waals surface area contributed by atoms with Gasteiger partial charge in [0.15, 0.2) is 0 Å². The summed E-state index contributed by atoms with van der Waals surface area (Å²) in [5.74, 6) is 0. The Morgan fingerprint density at radius 2 is 1.29 bits per heavy atom. The van der Waals surface area contributed by atoms with Crippen molar-refractivity contribution in [2.75, 3.05) is 0 Å². The van der Waals surface area contributed by atoms with Crippen LogP contribution in [-0.2, 0) is 10.4 Å². The van der Waals surface area contributed by atoms with Crippen LogP contribution in [0.15, 0.2) is 0 Å². The highest BCUT2D eigenvalue weighted by atomic mass is 32.3. The Morgan fingerprint density at radius 3 is 1.29 bits per heavy atom. The Bertz CT molecular complexity index is 94.9. The lowest BCUT2D eigenvalue weighted by atomic mass is 11.9. The number of hydrogen-bond acceptors (Lipinski definition) is 2. The molecule has 0 aliphatic rings. The van der Waals surface area contributed by atoms with E-state index in [1.807, 2.05) is 0 Å². The molecule has 0 saturated heterocycles. The molecule has 0 rings (SSSR count). The van der Waals surface area contributed by atoms with E-state index in [2.05, 4.69) is 7.18 Å². The van der Waals surface area contributed by atoms with Crippen LogP contribution in [0.25, 0.3) is 0 Å². The molecule has 0 amide bonds. The van der Waals surface area contributed by atoms with Crippen molar-refractivity contribution in [3.63, 3.8) is 0 Å². The van der Waals surface area contributed by atoms with E-state index < -0.39 is 10.4 Å². The van der Waals surface area contributed by atoms with Crippen molar-refractivity contribution in [3.8, 4) is 0 Å². The molecule has 0 saturated carbocycles. The van der Waals surface area contributed by atoms with E-state index in [0.717, 1.165) is 0 Å². The molecule has 0 bridgehead atoms. The molecule has 7 heavy (non-hydrogen) atoms. The minimum atomic E-state index is -4.67. The van der Waals surface area contributed by atoms with Gasteiger partial charge in [0.25, 0.3) is 0 Å². The third-order valence-corrected chi connectivity index (χ3v) is 0. The first-order valence-corrected chi connectivity index (χ1v) is 2.28. The average molecular weight is 129 g/mol. The van der Waals surface area contributed by atoms with E-state index in [-0.39, 0.29) is 0 Å². The second-order valence-electron chi connectivity index (χ2n) is 0.448. The van der Waals surface area contributed by atoms with Crippen LogP contribution in [0.1, 0.15) is 0 Å². The molecule has 43 valence electrons. The maximum Gasteiger partial charge on any atom is 0.394 e. The molecule has 2 N–H and O–H groups in total. The molecule has 0 heterocycles. The number of hydrogen-bond donors (Lipinski definition) is 2. The van der Waals surface area contributed by atoms with Crippen molar-refractivity contribution < 1.29 is 21.9 Å². The maximum absolute atomic E-state index is 8.75. The Hall–Kier alpha value is -0.200. The molecule has 6 heteroatoms. The smallest absolute Gasteiger partial charge is 0.264 e. The van der Waals surface area contributed by atoms with E-state index in [1.54, 1.807) is 0 Å². The third kappa shape index (κ3) is 2090. The minimum Gasteiger partial charge on any atom is -0.264 e. The lowest BCUT2D eigenvalue weighted by Gasteiger charge is -1.68. The summed E-state index contributed by atoms with van der Waals surface area (Å²) in [6, 6.07) is 0. The van der Waals surface area contributed by atoms with Gasteiger partial charge in [-0.1, -0.05) is 0 Å². The molecule has 0 atom stereocenters. The highest BCUT2D eigenvalue weighted by Gasteiger charge is 1.84. The summed E-state index contributed by atoms with van der Waals surface area (Å²) in [6.45, 7) is 0. The standard InChI is InChI=1S/CF.H2O4S/c1-2;1-5(2,3)4/h;(H2,1,2,3,4). The lowest BCUT2D eigenvalue weighted by Crippen LogP contribution is -1.89. The first-order valence-electron chi connectivity index (χ1n) is 0.887. The molecule has 0 aromatic rings. The van der Waals surface area contributed by atoms with Crippen LogP contribution in [0.5, 0.6) is 0 Å². The van der Waals surface area contributed by atoms with Gasteiger partial charge in [-0.15, -0.1) is 0 Å². The van der Waals surface area contributed by atoms with Crippen molar-refractivity contribution in [2.45, 2.75) is 0 Å². The minimum absolute atomic E-state index is 4.25. The van der Waals surface area contributed by atoms with Gasteiger partial charge in [0, 0.05) is 0 Å². The van der Waals surface area contributed by atoms with E-state index in [9.17, 15) is 0 Å². The molecule has 0 aliphatic carbocycles. The molecular weight excluding hydrogens is 127 g/mol. The van der Waals surface area contributed by atoms with Gasteiger partial charge in [-0.3, -0.25) is 9.11 Å². The number of rotatable bonds is 0. The Morgan fingerprint density at radius 1 is 1.29 bits per heavy atom. The van der Waals surface area contributed by atoms with Crippen molar-refractivity contribution in [1.29, 1.82) is 0 Å². The molecule has 0 aromatic carbocycles. The third-order valence-electron chi connectivity index (χ3n) is 0. The van der Waals surface area contributed by atoms with Crippen molar-refractivity contribution in [1.82, 2.24) is 0 Å². The van der Waals surface area contributed by atoms with Gasteiger partial charge < -0.3 is 0 Å². The monoisotopic (exact) mass is 129 g/mol. The molecule has 4 nitrogen and oxygen atoms in total. The van der Waals surface area contributed by atoms with Crippen LogP contribution in [0.2, 0.25) is 0 Å². The van der Waals surface area contributed by atoms with E-state index in [1.165, 1.54) is 0 Å². The van der Waals surface area contributed by atoms with E-state index in [0.29, 0.717) is 0 Å². The number of halogens is 1. The topological polar surface area (TPSA) is 74.6 Å². The van der Waals surface area contributed by atoms with Gasteiger partial charge in [-0.2, -0.15) is 8.42 Å². The molecule has 0 spiro atoms. The lowest BCUT2D eigenvalue weighted by molar-refractivity contribution is 0.381. The second-order valence-corrected chi connectivity index (χ2v) is 1.34. The highest BCUT2D eigenvalue weighted by molar-refractivity contribution is 7.79. The largest absolute Gasteiger partial charge is 0.394 e. The van der Waals surface area contributed by atoms with Gasteiger partial charge in [-0.05, 0) is 0 Å². The predicted octanol–water partition coefficient (Wildman–Crippen LogP) is -0.151. The fourth-order valence-electron chi connectivity index (χ4n) is 0. The van der Waals surface area contributed by atoms with Crippen LogP contribution in [0.4, 0.5) is 4.39 Å². The Kier molecular flexibility index (Phi) is 5.63. The summed E-state index contributed by atoms with van der Waals surface area (Å²) < 4.78 is 40.3. The van der Waals surface area contributed by atoms with E-state index in [4.69, 9.17) is 21.9 Å².